The molecular formula is C14H26N2. The smallest absolute Gasteiger partial charge is 0.0429 e. The lowest BCUT2D eigenvalue weighted by Gasteiger charge is -2.20. The Labute approximate surface area is 101 Å². The van der Waals surface area contributed by atoms with Gasteiger partial charge in [0.15, 0.2) is 0 Å². The molecule has 2 nitrogen and oxygen atoms in total. The van der Waals surface area contributed by atoms with Crippen LogP contribution in [0.15, 0.2) is 18.3 Å². The highest BCUT2D eigenvalue weighted by Gasteiger charge is 2.08. The maximum absolute atomic E-state index is 4.46. The second-order valence-corrected chi connectivity index (χ2v) is 4.31. The molecule has 0 spiro atoms. The maximum atomic E-state index is 4.46. The Morgan fingerprint density at radius 1 is 1.06 bits per heavy atom. The average Bonchev–Trinajstić information content (AvgIpc) is 2.30. The van der Waals surface area contributed by atoms with Crippen LogP contribution in [0.2, 0.25) is 0 Å². The molecule has 0 saturated carbocycles. The van der Waals surface area contributed by atoms with E-state index in [-0.39, 0.29) is 0 Å². The lowest BCUT2D eigenvalue weighted by atomic mass is 10.1. The first-order chi connectivity index (χ1) is 7.52. The molecule has 0 N–H and O–H groups in total. The van der Waals surface area contributed by atoms with Crippen LogP contribution in [0.25, 0.3) is 0 Å². The molecular weight excluding hydrogens is 196 g/mol. The van der Waals surface area contributed by atoms with Crippen molar-refractivity contribution in [3.05, 3.63) is 29.6 Å². The Morgan fingerprint density at radius 2 is 1.62 bits per heavy atom. The van der Waals surface area contributed by atoms with Crippen molar-refractivity contribution >= 4 is 0 Å². The summed E-state index contributed by atoms with van der Waals surface area (Å²) in [7, 11) is 4.17. The first kappa shape index (κ1) is 15.1. The first-order valence-electron chi connectivity index (χ1n) is 6.14. The molecule has 0 aliphatic carbocycles. The van der Waals surface area contributed by atoms with E-state index in [4.69, 9.17) is 0 Å². The van der Waals surface area contributed by atoms with Gasteiger partial charge in [-0.2, -0.15) is 0 Å². The van der Waals surface area contributed by atoms with Gasteiger partial charge >= 0.3 is 0 Å². The summed E-state index contributed by atoms with van der Waals surface area (Å²) in [4.78, 5) is 6.64. The van der Waals surface area contributed by atoms with Crippen molar-refractivity contribution < 1.29 is 0 Å². The molecule has 0 bridgehead atoms. The molecule has 0 aliphatic heterocycles. The van der Waals surface area contributed by atoms with Gasteiger partial charge in [0.2, 0.25) is 0 Å². The van der Waals surface area contributed by atoms with Crippen molar-refractivity contribution in [3.63, 3.8) is 0 Å². The quantitative estimate of drug-likeness (QED) is 0.772. The van der Waals surface area contributed by atoms with Gasteiger partial charge < -0.3 is 4.90 Å². The van der Waals surface area contributed by atoms with Crippen LogP contribution in [0.4, 0.5) is 0 Å². The van der Waals surface area contributed by atoms with Crippen LogP contribution in [0.3, 0.4) is 0 Å². The molecule has 1 rings (SSSR count). The minimum Gasteiger partial charge on any atom is -0.303 e. The predicted molar refractivity (Wildman–Crippen MR) is 71.8 cm³/mol. The van der Waals surface area contributed by atoms with E-state index in [1.165, 1.54) is 11.3 Å². The topological polar surface area (TPSA) is 16.1 Å². The van der Waals surface area contributed by atoms with Crippen molar-refractivity contribution in [1.29, 1.82) is 0 Å². The zero-order valence-corrected chi connectivity index (χ0v) is 11.8. The van der Waals surface area contributed by atoms with Crippen LogP contribution >= 0.6 is 0 Å². The van der Waals surface area contributed by atoms with E-state index in [2.05, 4.69) is 56.9 Å². The van der Waals surface area contributed by atoms with Crippen molar-refractivity contribution in [1.82, 2.24) is 9.88 Å². The molecule has 0 amide bonds. The summed E-state index contributed by atoms with van der Waals surface area (Å²) >= 11 is 0. The lowest BCUT2D eigenvalue weighted by Crippen LogP contribution is -2.16. The third-order valence-corrected chi connectivity index (χ3v) is 2.66. The highest BCUT2D eigenvalue weighted by Crippen LogP contribution is 2.18. The van der Waals surface area contributed by atoms with Crippen LogP contribution in [0.1, 0.15) is 57.8 Å². The Bertz CT molecular complexity index is 275. The third kappa shape index (κ3) is 4.31. The maximum Gasteiger partial charge on any atom is 0.0429 e. The van der Waals surface area contributed by atoms with Crippen LogP contribution in [0.5, 0.6) is 0 Å². The fourth-order valence-electron chi connectivity index (χ4n) is 1.30. The summed E-state index contributed by atoms with van der Waals surface area (Å²) in [6.07, 6.45) is 1.99. The largest absolute Gasteiger partial charge is 0.303 e. The summed E-state index contributed by atoms with van der Waals surface area (Å²) in [5.74, 6) is 0.513. The van der Waals surface area contributed by atoms with E-state index in [1.54, 1.807) is 0 Å². The molecule has 0 aromatic carbocycles. The fraction of sp³-hybridized carbons (Fsp3) is 0.643. The van der Waals surface area contributed by atoms with Gasteiger partial charge in [-0.25, -0.2) is 0 Å². The molecule has 0 radical (unpaired) electrons. The van der Waals surface area contributed by atoms with Gasteiger partial charge in [0.25, 0.3) is 0 Å². The Kier molecular flexibility index (Phi) is 6.98. The van der Waals surface area contributed by atoms with Gasteiger partial charge in [-0.15, -0.1) is 0 Å². The van der Waals surface area contributed by atoms with E-state index in [1.807, 2.05) is 20.0 Å². The first-order valence-corrected chi connectivity index (χ1v) is 6.14. The monoisotopic (exact) mass is 222 g/mol. The molecule has 1 heterocycles. The summed E-state index contributed by atoms with van der Waals surface area (Å²) in [5, 5.41) is 0. The van der Waals surface area contributed by atoms with Crippen molar-refractivity contribution in [2.75, 3.05) is 14.1 Å². The number of hydrogen-bond acceptors (Lipinski definition) is 2. The predicted octanol–water partition coefficient (Wildman–Crippen LogP) is 3.85. The number of pyridine rings is 1. The van der Waals surface area contributed by atoms with Crippen LogP contribution in [-0.2, 0) is 0 Å². The van der Waals surface area contributed by atoms with Gasteiger partial charge in [-0.1, -0.05) is 33.8 Å². The fourth-order valence-corrected chi connectivity index (χ4v) is 1.30. The third-order valence-electron chi connectivity index (χ3n) is 2.66. The van der Waals surface area contributed by atoms with Crippen molar-refractivity contribution in [2.45, 2.75) is 46.6 Å². The molecule has 1 unspecified atom stereocenters. The Morgan fingerprint density at radius 3 is 1.94 bits per heavy atom. The molecule has 1 atom stereocenters. The van der Waals surface area contributed by atoms with E-state index >= 15 is 0 Å². The highest BCUT2D eigenvalue weighted by molar-refractivity contribution is 5.18. The molecule has 0 fully saturated rings. The minimum absolute atomic E-state index is 0.434. The second-order valence-electron chi connectivity index (χ2n) is 4.31. The second kappa shape index (κ2) is 7.39. The summed E-state index contributed by atoms with van der Waals surface area (Å²) < 4.78 is 0. The van der Waals surface area contributed by atoms with E-state index in [0.29, 0.717) is 12.0 Å². The minimum atomic E-state index is 0.434. The van der Waals surface area contributed by atoms with E-state index in [0.717, 1.165) is 0 Å². The van der Waals surface area contributed by atoms with E-state index < -0.39 is 0 Å². The SMILES string of the molecule is CC.CC(C)c1ccc(C(C)N(C)C)cn1. The summed E-state index contributed by atoms with van der Waals surface area (Å²) in [5.41, 5.74) is 2.44. The number of nitrogens with zero attached hydrogens (tertiary/aromatic N) is 2. The van der Waals surface area contributed by atoms with Gasteiger partial charge in [0.1, 0.15) is 0 Å². The lowest BCUT2D eigenvalue weighted by molar-refractivity contribution is 0.320. The van der Waals surface area contributed by atoms with Gasteiger partial charge in [-0.3, -0.25) is 4.98 Å². The number of rotatable bonds is 3. The standard InChI is InChI=1S/C12H20N2.C2H6/c1-9(2)12-7-6-11(8-13-12)10(3)14(4)5;1-2/h6-10H,1-5H3;1-2H3. The molecule has 92 valence electrons. The summed E-state index contributed by atoms with van der Waals surface area (Å²) in [6, 6.07) is 4.73. The molecule has 1 aromatic heterocycles. The van der Waals surface area contributed by atoms with Crippen LogP contribution in [0, 0.1) is 0 Å². The summed E-state index contributed by atoms with van der Waals surface area (Å²) in [6.45, 7) is 10.5. The van der Waals surface area contributed by atoms with Gasteiger partial charge in [0, 0.05) is 17.9 Å². The normalized spacial score (nSPS) is 12.3. The van der Waals surface area contributed by atoms with Crippen molar-refractivity contribution in [3.8, 4) is 0 Å². The molecule has 0 aliphatic rings. The molecule has 1 aromatic rings. The Balaban J connectivity index is 0.00000106. The molecule has 2 heteroatoms. The average molecular weight is 222 g/mol. The Hall–Kier alpha value is -0.890. The van der Waals surface area contributed by atoms with E-state index in [9.17, 15) is 0 Å². The number of hydrogen-bond donors (Lipinski definition) is 0. The zero-order chi connectivity index (χ0) is 12.7. The highest BCUT2D eigenvalue weighted by atomic mass is 15.1. The van der Waals surface area contributed by atoms with Crippen LogP contribution in [-0.4, -0.2) is 24.0 Å². The van der Waals surface area contributed by atoms with Crippen molar-refractivity contribution in [2.24, 2.45) is 0 Å². The molecule has 0 saturated heterocycles. The number of aromatic nitrogens is 1. The molecule has 16 heavy (non-hydrogen) atoms. The van der Waals surface area contributed by atoms with Gasteiger partial charge in [0.05, 0.1) is 0 Å². The zero-order valence-electron chi connectivity index (χ0n) is 11.8. The van der Waals surface area contributed by atoms with Crippen LogP contribution < -0.4 is 0 Å². The van der Waals surface area contributed by atoms with Gasteiger partial charge in [-0.05, 0) is 38.6 Å².